The van der Waals surface area contributed by atoms with Crippen LogP contribution >= 0.6 is 22.9 Å². The maximum absolute atomic E-state index is 12.6. The lowest BCUT2D eigenvalue weighted by molar-refractivity contribution is -0.143. The number of halogens is 1. The lowest BCUT2D eigenvalue weighted by atomic mass is 9.82. The Bertz CT molecular complexity index is 796. The first-order valence-corrected chi connectivity index (χ1v) is 9.88. The topological polar surface area (TPSA) is 79.3 Å². The first-order valence-electron chi connectivity index (χ1n) is 8.68. The van der Waals surface area contributed by atoms with Gasteiger partial charge in [-0.15, -0.1) is 11.3 Å². The summed E-state index contributed by atoms with van der Waals surface area (Å²) in [4.78, 5) is 28.9. The first kappa shape index (κ1) is 18.9. The second-order valence-corrected chi connectivity index (χ2v) is 8.32. The van der Waals surface area contributed by atoms with Gasteiger partial charge in [0.25, 0.3) is 5.91 Å². The summed E-state index contributed by atoms with van der Waals surface area (Å²) in [5, 5.41) is 13.5. The molecule has 0 saturated heterocycles. The molecule has 3 rings (SSSR count). The van der Waals surface area contributed by atoms with Crippen molar-refractivity contribution in [2.75, 3.05) is 6.54 Å². The molecule has 0 unspecified atom stereocenters. The van der Waals surface area contributed by atoms with Crippen molar-refractivity contribution in [3.05, 3.63) is 40.0 Å². The van der Waals surface area contributed by atoms with Gasteiger partial charge in [-0.25, -0.2) is 4.98 Å². The number of nitrogens with zero attached hydrogens (tertiary/aromatic N) is 1. The van der Waals surface area contributed by atoms with Crippen LogP contribution in [0.1, 0.15) is 41.2 Å². The van der Waals surface area contributed by atoms with Crippen LogP contribution in [0.25, 0.3) is 10.4 Å². The van der Waals surface area contributed by atoms with Gasteiger partial charge >= 0.3 is 5.97 Å². The largest absolute Gasteiger partial charge is 0.481 e. The van der Waals surface area contributed by atoms with Crippen LogP contribution in [0.2, 0.25) is 5.02 Å². The number of benzene rings is 1. The Morgan fingerprint density at radius 1 is 1.23 bits per heavy atom. The highest BCUT2D eigenvalue weighted by Gasteiger charge is 2.26. The predicted molar refractivity (Wildman–Crippen MR) is 103 cm³/mol. The summed E-state index contributed by atoms with van der Waals surface area (Å²) < 4.78 is 0. The van der Waals surface area contributed by atoms with Gasteiger partial charge in [-0.2, -0.15) is 0 Å². The first-order chi connectivity index (χ1) is 12.4. The van der Waals surface area contributed by atoms with Gasteiger partial charge < -0.3 is 10.4 Å². The summed E-state index contributed by atoms with van der Waals surface area (Å²) in [5.74, 6) is -0.800. The summed E-state index contributed by atoms with van der Waals surface area (Å²) in [7, 11) is 0. The Hall–Kier alpha value is -1.92. The molecular formula is C19H21ClN2O3S. The average molecular weight is 393 g/mol. The van der Waals surface area contributed by atoms with Crippen LogP contribution < -0.4 is 5.32 Å². The Kier molecular flexibility index (Phi) is 5.94. The molecule has 138 valence electrons. The van der Waals surface area contributed by atoms with E-state index in [1.165, 1.54) is 11.3 Å². The second-order valence-electron chi connectivity index (χ2n) is 6.68. The van der Waals surface area contributed by atoms with Crippen LogP contribution in [0, 0.1) is 18.8 Å². The van der Waals surface area contributed by atoms with Gasteiger partial charge in [-0.1, -0.05) is 23.7 Å². The molecule has 7 heteroatoms. The summed E-state index contributed by atoms with van der Waals surface area (Å²) in [5.41, 5.74) is 1.36. The summed E-state index contributed by atoms with van der Waals surface area (Å²) in [6, 6.07) is 7.38. The van der Waals surface area contributed by atoms with Crippen molar-refractivity contribution < 1.29 is 14.7 Å². The molecule has 0 bridgehead atoms. The van der Waals surface area contributed by atoms with E-state index in [4.69, 9.17) is 16.7 Å². The summed E-state index contributed by atoms with van der Waals surface area (Å²) in [6.45, 7) is 2.44. The minimum Gasteiger partial charge on any atom is -0.481 e. The lowest BCUT2D eigenvalue weighted by Gasteiger charge is -2.26. The van der Waals surface area contributed by atoms with Gasteiger partial charge in [-0.05, 0) is 56.2 Å². The Morgan fingerprint density at radius 3 is 2.50 bits per heavy atom. The third-order valence-corrected chi connectivity index (χ3v) is 6.07. The van der Waals surface area contributed by atoms with Gasteiger partial charge in [0.2, 0.25) is 0 Å². The monoisotopic (exact) mass is 392 g/mol. The number of aliphatic carboxylic acids is 1. The van der Waals surface area contributed by atoms with Crippen molar-refractivity contribution in [1.29, 1.82) is 0 Å². The van der Waals surface area contributed by atoms with Crippen molar-refractivity contribution >= 4 is 34.8 Å². The van der Waals surface area contributed by atoms with E-state index in [-0.39, 0.29) is 11.8 Å². The number of nitrogens with one attached hydrogen (secondary N) is 1. The fourth-order valence-corrected chi connectivity index (χ4v) is 4.36. The van der Waals surface area contributed by atoms with E-state index >= 15 is 0 Å². The zero-order valence-electron chi connectivity index (χ0n) is 14.5. The second kappa shape index (κ2) is 8.18. The average Bonchev–Trinajstić information content (AvgIpc) is 3.02. The molecule has 1 heterocycles. The maximum Gasteiger partial charge on any atom is 0.306 e. The van der Waals surface area contributed by atoms with Crippen molar-refractivity contribution in [3.8, 4) is 10.4 Å². The molecule has 1 aromatic heterocycles. The van der Waals surface area contributed by atoms with Crippen LogP contribution in [-0.4, -0.2) is 28.5 Å². The quantitative estimate of drug-likeness (QED) is 0.790. The third kappa shape index (κ3) is 4.43. The number of carboxylic acid groups (broad SMARTS) is 1. The van der Waals surface area contributed by atoms with Crippen molar-refractivity contribution in [1.82, 2.24) is 10.3 Å². The lowest BCUT2D eigenvalue weighted by Crippen LogP contribution is -2.32. The number of carboxylic acids is 1. The molecule has 1 aliphatic rings. The molecule has 0 spiro atoms. The van der Waals surface area contributed by atoms with Gasteiger partial charge in [0, 0.05) is 11.6 Å². The molecule has 1 amide bonds. The van der Waals surface area contributed by atoms with Crippen LogP contribution in [0.15, 0.2) is 24.3 Å². The molecular weight excluding hydrogens is 372 g/mol. The summed E-state index contributed by atoms with van der Waals surface area (Å²) in [6.07, 6.45) is 3.03. The zero-order valence-corrected chi connectivity index (χ0v) is 16.1. The van der Waals surface area contributed by atoms with Crippen molar-refractivity contribution in [3.63, 3.8) is 0 Å². The predicted octanol–water partition coefficient (Wildman–Crippen LogP) is 4.39. The number of aryl methyl sites for hydroxylation is 1. The summed E-state index contributed by atoms with van der Waals surface area (Å²) >= 11 is 7.43. The number of thiazole rings is 1. The number of aromatic nitrogens is 1. The minimum absolute atomic E-state index is 0.181. The normalized spacial score (nSPS) is 19.9. The molecule has 26 heavy (non-hydrogen) atoms. The number of rotatable bonds is 5. The van der Waals surface area contributed by atoms with Crippen molar-refractivity contribution in [2.24, 2.45) is 11.8 Å². The highest BCUT2D eigenvalue weighted by atomic mass is 35.5. The van der Waals surface area contributed by atoms with Crippen molar-refractivity contribution in [2.45, 2.75) is 32.6 Å². The van der Waals surface area contributed by atoms with Gasteiger partial charge in [0.15, 0.2) is 0 Å². The Labute approximate surface area is 161 Å². The van der Waals surface area contributed by atoms with Crippen LogP contribution in [-0.2, 0) is 4.79 Å². The minimum atomic E-state index is -0.710. The molecule has 0 atom stereocenters. The number of hydrogen-bond acceptors (Lipinski definition) is 4. The Morgan fingerprint density at radius 2 is 1.88 bits per heavy atom. The van der Waals surface area contributed by atoms with Crippen LogP contribution in [0.5, 0.6) is 0 Å². The van der Waals surface area contributed by atoms with Gasteiger partial charge in [-0.3, -0.25) is 9.59 Å². The number of amides is 1. The SMILES string of the molecule is Cc1nc(C(=O)NCC2CCC(C(=O)O)CC2)c(-c2ccc(Cl)cc2)s1. The molecule has 0 radical (unpaired) electrons. The van der Waals surface area contributed by atoms with E-state index in [2.05, 4.69) is 10.3 Å². The van der Waals surface area contributed by atoms with E-state index in [1.807, 2.05) is 19.1 Å². The molecule has 2 aromatic rings. The molecule has 1 aliphatic carbocycles. The van der Waals surface area contributed by atoms with Crippen LogP contribution in [0.4, 0.5) is 0 Å². The Balaban J connectivity index is 1.64. The highest BCUT2D eigenvalue weighted by molar-refractivity contribution is 7.15. The smallest absolute Gasteiger partial charge is 0.306 e. The maximum atomic E-state index is 12.6. The molecule has 2 N–H and O–H groups in total. The van der Waals surface area contributed by atoms with E-state index < -0.39 is 5.97 Å². The molecule has 1 fully saturated rings. The van der Waals surface area contributed by atoms with E-state index in [0.717, 1.165) is 28.3 Å². The molecule has 5 nitrogen and oxygen atoms in total. The highest BCUT2D eigenvalue weighted by Crippen LogP contribution is 2.32. The zero-order chi connectivity index (χ0) is 18.7. The molecule has 0 aliphatic heterocycles. The fourth-order valence-electron chi connectivity index (χ4n) is 3.31. The van der Waals surface area contributed by atoms with Crippen LogP contribution in [0.3, 0.4) is 0 Å². The molecule has 1 saturated carbocycles. The van der Waals surface area contributed by atoms with E-state index in [9.17, 15) is 9.59 Å². The van der Waals surface area contributed by atoms with E-state index in [1.54, 1.807) is 12.1 Å². The third-order valence-electron chi connectivity index (χ3n) is 4.80. The van der Waals surface area contributed by atoms with Gasteiger partial charge in [0.05, 0.1) is 15.8 Å². The number of hydrogen-bond donors (Lipinski definition) is 2. The molecule has 1 aromatic carbocycles. The fraction of sp³-hybridized carbons (Fsp3) is 0.421. The number of carbonyl (C=O) groups is 2. The van der Waals surface area contributed by atoms with Gasteiger partial charge in [0.1, 0.15) is 5.69 Å². The standard InChI is InChI=1S/C19H21ClN2O3S/c1-11-22-16(17(26-11)13-6-8-15(20)9-7-13)18(23)21-10-12-2-4-14(5-3-12)19(24)25/h6-9,12,14H,2-5,10H2,1H3,(H,21,23)(H,24,25). The number of carbonyl (C=O) groups excluding carboxylic acids is 1. The van der Waals surface area contributed by atoms with E-state index in [0.29, 0.717) is 36.0 Å².